The molecule has 2 amide bonds. The second-order valence-corrected chi connectivity index (χ2v) is 4.09. The summed E-state index contributed by atoms with van der Waals surface area (Å²) >= 11 is 0. The number of nitrogens with two attached hydrogens (primary N) is 1. The number of hydrogen-bond donors (Lipinski definition) is 3. The molecular weight excluding hydrogens is 238 g/mol. The molecule has 7 heteroatoms. The van der Waals surface area contributed by atoms with Gasteiger partial charge in [0.15, 0.2) is 0 Å². The maximum absolute atomic E-state index is 11.6. The number of carbonyl (C=O) groups is 3. The molecule has 0 rings (SSSR count). The van der Waals surface area contributed by atoms with Gasteiger partial charge in [-0.3, -0.25) is 19.3 Å². The third-order valence-electron chi connectivity index (χ3n) is 2.46. The first kappa shape index (κ1) is 16.4. The molecule has 0 bridgehead atoms. The molecule has 7 nitrogen and oxygen atoms in total. The van der Waals surface area contributed by atoms with E-state index in [0.717, 1.165) is 12.8 Å². The summed E-state index contributed by atoms with van der Waals surface area (Å²) in [6.45, 7) is 3.12. The molecule has 0 saturated carbocycles. The number of carbonyl (C=O) groups excluding carboxylic acids is 2. The van der Waals surface area contributed by atoms with Gasteiger partial charge < -0.3 is 16.2 Å². The summed E-state index contributed by atoms with van der Waals surface area (Å²) in [5.74, 6) is -2.07. The Kier molecular flexibility index (Phi) is 7.69. The molecular formula is C11H21N3O4. The SMILES string of the molecule is CCC(CC)NC(=O)CN(CC(N)=O)CC(=O)O. The minimum absolute atomic E-state index is 0.0674. The molecule has 0 aliphatic carbocycles. The lowest BCUT2D eigenvalue weighted by atomic mass is 10.2. The Morgan fingerprint density at radius 3 is 2.11 bits per heavy atom. The average molecular weight is 259 g/mol. The molecule has 18 heavy (non-hydrogen) atoms. The summed E-state index contributed by atoms with van der Waals surface area (Å²) in [5, 5.41) is 11.4. The predicted octanol–water partition coefficient (Wildman–Crippen LogP) is -0.837. The number of nitrogens with zero attached hydrogens (tertiary/aromatic N) is 1. The van der Waals surface area contributed by atoms with Gasteiger partial charge in [-0.15, -0.1) is 0 Å². The third-order valence-corrected chi connectivity index (χ3v) is 2.46. The molecule has 0 saturated heterocycles. The summed E-state index contributed by atoms with van der Waals surface area (Å²) in [6.07, 6.45) is 1.61. The maximum atomic E-state index is 11.6. The molecule has 0 atom stereocenters. The minimum Gasteiger partial charge on any atom is -0.480 e. The third kappa shape index (κ3) is 7.61. The first-order chi connectivity index (χ1) is 8.38. The van der Waals surface area contributed by atoms with Crippen molar-refractivity contribution in [1.29, 1.82) is 0 Å². The van der Waals surface area contributed by atoms with E-state index < -0.39 is 11.9 Å². The van der Waals surface area contributed by atoms with E-state index in [4.69, 9.17) is 10.8 Å². The van der Waals surface area contributed by atoms with Crippen molar-refractivity contribution in [1.82, 2.24) is 10.2 Å². The Labute approximate surface area is 106 Å². The number of carboxylic acids is 1. The van der Waals surface area contributed by atoms with E-state index in [1.54, 1.807) is 0 Å². The van der Waals surface area contributed by atoms with Crippen molar-refractivity contribution in [3.63, 3.8) is 0 Å². The van der Waals surface area contributed by atoms with Crippen LogP contribution in [0.25, 0.3) is 0 Å². The minimum atomic E-state index is -1.11. The zero-order valence-electron chi connectivity index (χ0n) is 10.8. The fourth-order valence-electron chi connectivity index (χ4n) is 1.55. The van der Waals surface area contributed by atoms with Gasteiger partial charge in [-0.05, 0) is 12.8 Å². The molecule has 0 heterocycles. The quantitative estimate of drug-likeness (QED) is 0.500. The number of hydrogen-bond acceptors (Lipinski definition) is 4. The summed E-state index contributed by atoms with van der Waals surface area (Å²) in [4.78, 5) is 34.2. The average Bonchev–Trinajstić information content (AvgIpc) is 2.23. The summed E-state index contributed by atoms with van der Waals surface area (Å²) in [6, 6.07) is 0.0674. The van der Waals surface area contributed by atoms with Gasteiger partial charge in [0, 0.05) is 6.04 Å². The molecule has 4 N–H and O–H groups in total. The summed E-state index contributed by atoms with van der Waals surface area (Å²) < 4.78 is 0. The van der Waals surface area contributed by atoms with Crippen molar-refractivity contribution in [2.24, 2.45) is 5.73 Å². The molecule has 0 aromatic heterocycles. The van der Waals surface area contributed by atoms with Gasteiger partial charge in [0.2, 0.25) is 11.8 Å². The fraction of sp³-hybridized carbons (Fsp3) is 0.727. The Balaban J connectivity index is 4.33. The lowest BCUT2D eigenvalue weighted by Gasteiger charge is -2.20. The number of amides is 2. The summed E-state index contributed by atoms with van der Waals surface area (Å²) in [7, 11) is 0. The topological polar surface area (TPSA) is 113 Å². The van der Waals surface area contributed by atoms with E-state index in [0.29, 0.717) is 0 Å². The van der Waals surface area contributed by atoms with Crippen molar-refractivity contribution in [3.05, 3.63) is 0 Å². The van der Waals surface area contributed by atoms with Gasteiger partial charge in [0.1, 0.15) is 0 Å². The van der Waals surface area contributed by atoms with E-state index in [1.165, 1.54) is 4.90 Å². The van der Waals surface area contributed by atoms with E-state index in [2.05, 4.69) is 5.32 Å². The lowest BCUT2D eigenvalue weighted by Crippen LogP contribution is -2.45. The summed E-state index contributed by atoms with van der Waals surface area (Å²) in [5.41, 5.74) is 4.99. The first-order valence-corrected chi connectivity index (χ1v) is 5.90. The molecule has 104 valence electrons. The molecule has 0 radical (unpaired) electrons. The molecule has 0 unspecified atom stereocenters. The van der Waals surface area contributed by atoms with E-state index >= 15 is 0 Å². The number of aliphatic carboxylic acids is 1. The Morgan fingerprint density at radius 1 is 1.17 bits per heavy atom. The van der Waals surface area contributed by atoms with Crippen molar-refractivity contribution in [2.75, 3.05) is 19.6 Å². The Bertz CT molecular complexity index is 287. The van der Waals surface area contributed by atoms with E-state index in [9.17, 15) is 14.4 Å². The number of primary amides is 1. The van der Waals surface area contributed by atoms with Crippen molar-refractivity contribution >= 4 is 17.8 Å². The zero-order chi connectivity index (χ0) is 14.1. The number of nitrogens with one attached hydrogen (secondary N) is 1. The Hall–Kier alpha value is -1.63. The Morgan fingerprint density at radius 2 is 1.72 bits per heavy atom. The van der Waals surface area contributed by atoms with Crippen LogP contribution in [-0.4, -0.2) is 53.5 Å². The van der Waals surface area contributed by atoms with Crippen LogP contribution in [0.4, 0.5) is 0 Å². The van der Waals surface area contributed by atoms with Crippen molar-refractivity contribution < 1.29 is 19.5 Å². The van der Waals surface area contributed by atoms with Crippen LogP contribution in [0.3, 0.4) is 0 Å². The van der Waals surface area contributed by atoms with Crippen molar-refractivity contribution in [2.45, 2.75) is 32.7 Å². The molecule has 0 aliphatic rings. The highest BCUT2D eigenvalue weighted by atomic mass is 16.4. The van der Waals surface area contributed by atoms with Crippen LogP contribution in [0, 0.1) is 0 Å². The molecule has 0 aromatic rings. The van der Waals surface area contributed by atoms with Gasteiger partial charge in [-0.2, -0.15) is 0 Å². The molecule has 0 fully saturated rings. The maximum Gasteiger partial charge on any atom is 0.317 e. The van der Waals surface area contributed by atoms with Gasteiger partial charge in [-0.1, -0.05) is 13.8 Å². The van der Waals surface area contributed by atoms with Crippen LogP contribution in [0.5, 0.6) is 0 Å². The van der Waals surface area contributed by atoms with Crippen molar-refractivity contribution in [3.8, 4) is 0 Å². The van der Waals surface area contributed by atoms with Crippen LogP contribution >= 0.6 is 0 Å². The lowest BCUT2D eigenvalue weighted by molar-refractivity contribution is -0.139. The van der Waals surface area contributed by atoms with Gasteiger partial charge in [-0.25, -0.2) is 0 Å². The van der Waals surface area contributed by atoms with Crippen LogP contribution in [0.2, 0.25) is 0 Å². The van der Waals surface area contributed by atoms with Gasteiger partial charge in [0.25, 0.3) is 0 Å². The second-order valence-electron chi connectivity index (χ2n) is 4.09. The standard InChI is InChI=1S/C11H21N3O4/c1-3-8(4-2)13-10(16)6-14(5-9(12)15)7-11(17)18/h8H,3-7H2,1-2H3,(H2,12,15)(H,13,16)(H,17,18). The van der Waals surface area contributed by atoms with Crippen LogP contribution in [0.1, 0.15) is 26.7 Å². The van der Waals surface area contributed by atoms with Gasteiger partial charge >= 0.3 is 5.97 Å². The highest BCUT2D eigenvalue weighted by molar-refractivity contribution is 5.81. The molecule has 0 aliphatic heterocycles. The first-order valence-electron chi connectivity index (χ1n) is 5.90. The van der Waals surface area contributed by atoms with Crippen LogP contribution in [0.15, 0.2) is 0 Å². The highest BCUT2D eigenvalue weighted by Gasteiger charge is 2.17. The largest absolute Gasteiger partial charge is 0.480 e. The molecule has 0 spiro atoms. The van der Waals surface area contributed by atoms with Crippen LogP contribution < -0.4 is 11.1 Å². The van der Waals surface area contributed by atoms with E-state index in [-0.39, 0.29) is 31.6 Å². The smallest absolute Gasteiger partial charge is 0.317 e. The van der Waals surface area contributed by atoms with Gasteiger partial charge in [0.05, 0.1) is 19.6 Å². The van der Waals surface area contributed by atoms with E-state index in [1.807, 2.05) is 13.8 Å². The number of carboxylic acid groups (broad SMARTS) is 1. The normalized spacial score (nSPS) is 10.7. The molecule has 0 aromatic carbocycles. The highest BCUT2D eigenvalue weighted by Crippen LogP contribution is 1.96. The van der Waals surface area contributed by atoms with Crippen LogP contribution in [-0.2, 0) is 14.4 Å². The predicted molar refractivity (Wildman–Crippen MR) is 65.8 cm³/mol. The monoisotopic (exact) mass is 259 g/mol. The fourth-order valence-corrected chi connectivity index (χ4v) is 1.55. The second kappa shape index (κ2) is 8.46. The number of rotatable bonds is 9. The zero-order valence-corrected chi connectivity index (χ0v) is 10.8.